The third-order valence-electron chi connectivity index (χ3n) is 5.10. The first-order valence-corrected chi connectivity index (χ1v) is 9.37. The van der Waals surface area contributed by atoms with E-state index in [4.69, 9.17) is 6.42 Å². The third-order valence-corrected chi connectivity index (χ3v) is 5.10. The maximum Gasteiger partial charge on any atom is 0.318 e. The number of carbonyl (C=O) groups excluding carboxylic acids is 1. The van der Waals surface area contributed by atoms with Gasteiger partial charge in [-0.15, -0.1) is 12.3 Å². The normalized spacial score (nSPS) is 15.1. The third kappa shape index (κ3) is 3.87. The zero-order valence-corrected chi connectivity index (χ0v) is 15.2. The number of anilines is 1. The quantitative estimate of drug-likeness (QED) is 0.634. The van der Waals surface area contributed by atoms with E-state index in [9.17, 15) is 4.79 Å². The molecule has 0 unspecified atom stereocenters. The molecular weight excluding hydrogens is 338 g/mol. The molecule has 1 aliphatic carbocycles. The number of fused-ring (bicyclic) bond motifs is 2. The number of hydrogen-bond acceptors (Lipinski definition) is 4. The van der Waals surface area contributed by atoms with Crippen LogP contribution in [0.25, 0.3) is 0 Å². The summed E-state index contributed by atoms with van der Waals surface area (Å²) in [7, 11) is 0. The molecule has 2 aromatic rings. The molecular formula is C21H23N5O. The van der Waals surface area contributed by atoms with Crippen LogP contribution in [0.4, 0.5) is 10.7 Å². The van der Waals surface area contributed by atoms with Crippen LogP contribution in [0.3, 0.4) is 0 Å². The second kappa shape index (κ2) is 7.67. The maximum absolute atomic E-state index is 12.3. The van der Waals surface area contributed by atoms with Crippen LogP contribution in [-0.4, -0.2) is 33.5 Å². The number of nitrogens with one attached hydrogen (secondary N) is 2. The Bertz CT molecular complexity index is 863. The van der Waals surface area contributed by atoms with Gasteiger partial charge in [0.2, 0.25) is 5.95 Å². The Morgan fingerprint density at radius 1 is 1.22 bits per heavy atom. The van der Waals surface area contributed by atoms with Gasteiger partial charge in [-0.05, 0) is 30.4 Å². The zero-order valence-electron chi connectivity index (χ0n) is 15.2. The summed E-state index contributed by atoms with van der Waals surface area (Å²) in [6.45, 7) is 1.65. The summed E-state index contributed by atoms with van der Waals surface area (Å²) in [6, 6.07) is 8.77. The molecule has 4 rings (SSSR count). The largest absolute Gasteiger partial charge is 0.351 e. The van der Waals surface area contributed by atoms with Crippen LogP contribution >= 0.6 is 0 Å². The number of amides is 2. The highest BCUT2D eigenvalue weighted by molar-refractivity contribution is 5.74. The van der Waals surface area contributed by atoms with E-state index in [1.54, 1.807) is 4.90 Å². The van der Waals surface area contributed by atoms with Crippen LogP contribution in [0.2, 0.25) is 0 Å². The van der Waals surface area contributed by atoms with Crippen molar-refractivity contribution in [1.82, 2.24) is 20.2 Å². The lowest BCUT2D eigenvalue weighted by Crippen LogP contribution is -2.36. The monoisotopic (exact) mass is 361 g/mol. The van der Waals surface area contributed by atoms with E-state index in [-0.39, 0.29) is 6.03 Å². The highest BCUT2D eigenvalue weighted by Gasteiger charge is 2.26. The molecule has 0 saturated carbocycles. The van der Waals surface area contributed by atoms with Crippen LogP contribution in [0, 0.1) is 12.3 Å². The first-order chi connectivity index (χ1) is 13.2. The van der Waals surface area contributed by atoms with Gasteiger partial charge in [0, 0.05) is 30.8 Å². The summed E-state index contributed by atoms with van der Waals surface area (Å²) in [5, 5.41) is 6.36. The molecule has 0 bridgehead atoms. The molecule has 138 valence electrons. The number of hydrogen-bond donors (Lipinski definition) is 2. The Morgan fingerprint density at radius 3 is 2.74 bits per heavy atom. The number of rotatable bonds is 5. The summed E-state index contributed by atoms with van der Waals surface area (Å²) < 4.78 is 0. The van der Waals surface area contributed by atoms with Gasteiger partial charge in [-0.3, -0.25) is 0 Å². The number of aromatic nitrogens is 2. The number of carbonyl (C=O) groups is 1. The predicted octanol–water partition coefficient (Wildman–Crippen LogP) is 2.49. The molecule has 2 heterocycles. The van der Waals surface area contributed by atoms with E-state index in [0.29, 0.717) is 38.0 Å². The molecule has 1 aliphatic heterocycles. The Labute approximate surface area is 159 Å². The lowest BCUT2D eigenvalue weighted by molar-refractivity contribution is 0.198. The summed E-state index contributed by atoms with van der Waals surface area (Å²) >= 11 is 0. The number of unbranched alkanes of at least 4 members (excludes halogenated alkanes) is 1. The van der Waals surface area contributed by atoms with E-state index < -0.39 is 0 Å². The van der Waals surface area contributed by atoms with Gasteiger partial charge in [-0.2, -0.15) is 0 Å². The van der Waals surface area contributed by atoms with E-state index in [1.807, 2.05) is 6.20 Å². The molecule has 6 heteroatoms. The first-order valence-electron chi connectivity index (χ1n) is 9.37. The predicted molar refractivity (Wildman–Crippen MR) is 104 cm³/mol. The van der Waals surface area contributed by atoms with Gasteiger partial charge in [0.1, 0.15) is 0 Å². The van der Waals surface area contributed by atoms with E-state index in [1.165, 1.54) is 11.1 Å². The molecule has 2 N–H and O–H groups in total. The molecule has 0 radical (unpaired) electrons. The minimum absolute atomic E-state index is 0.0780. The Balaban J connectivity index is 1.34. The topological polar surface area (TPSA) is 70.2 Å². The molecule has 1 aromatic heterocycles. The smallest absolute Gasteiger partial charge is 0.318 e. The SMILES string of the molecule is C#CCCCNC(=O)N1Cc2cnc(NC3Cc4ccccc4C3)nc2C1. The van der Waals surface area contributed by atoms with Crippen LogP contribution in [-0.2, 0) is 25.9 Å². The molecule has 2 amide bonds. The molecule has 6 nitrogen and oxygen atoms in total. The maximum atomic E-state index is 12.3. The molecule has 1 aromatic carbocycles. The van der Waals surface area contributed by atoms with Gasteiger partial charge in [0.15, 0.2) is 0 Å². The van der Waals surface area contributed by atoms with Crippen molar-refractivity contribution < 1.29 is 4.79 Å². The highest BCUT2D eigenvalue weighted by Crippen LogP contribution is 2.25. The molecule has 0 fully saturated rings. The lowest BCUT2D eigenvalue weighted by atomic mass is 10.1. The van der Waals surface area contributed by atoms with Crippen LogP contribution in [0.1, 0.15) is 35.2 Å². The van der Waals surface area contributed by atoms with Crippen molar-refractivity contribution in [2.75, 3.05) is 11.9 Å². The van der Waals surface area contributed by atoms with E-state index in [2.05, 4.69) is 50.8 Å². The molecule has 27 heavy (non-hydrogen) atoms. The van der Waals surface area contributed by atoms with Crippen molar-refractivity contribution in [2.24, 2.45) is 0 Å². The average molecular weight is 361 g/mol. The number of urea groups is 1. The standard InChI is InChI=1S/C21H23N5O/c1-2-3-6-9-22-21(27)26-13-17-12-23-20(25-19(17)14-26)24-18-10-15-7-4-5-8-16(15)11-18/h1,4-5,7-8,12,18H,3,6,9-11,13-14H2,(H,22,27)(H,23,24,25). The molecule has 0 saturated heterocycles. The van der Waals surface area contributed by atoms with Crippen LogP contribution < -0.4 is 10.6 Å². The zero-order chi connectivity index (χ0) is 18.6. The fraction of sp³-hybridized carbons (Fsp3) is 0.381. The second-order valence-corrected chi connectivity index (χ2v) is 7.08. The van der Waals surface area contributed by atoms with Crippen molar-refractivity contribution in [1.29, 1.82) is 0 Å². The lowest BCUT2D eigenvalue weighted by Gasteiger charge is -2.15. The summed E-state index contributed by atoms with van der Waals surface area (Å²) in [5.74, 6) is 3.22. The van der Waals surface area contributed by atoms with Crippen molar-refractivity contribution in [3.05, 3.63) is 52.8 Å². The van der Waals surface area contributed by atoms with Crippen molar-refractivity contribution in [2.45, 2.75) is 44.8 Å². The van der Waals surface area contributed by atoms with Crippen molar-refractivity contribution >= 4 is 12.0 Å². The van der Waals surface area contributed by atoms with E-state index >= 15 is 0 Å². The fourth-order valence-electron chi connectivity index (χ4n) is 3.71. The highest BCUT2D eigenvalue weighted by atomic mass is 16.2. The number of terminal acetylenes is 1. The van der Waals surface area contributed by atoms with Crippen LogP contribution in [0.15, 0.2) is 30.5 Å². The minimum atomic E-state index is -0.0780. The average Bonchev–Trinajstić information content (AvgIpc) is 3.28. The van der Waals surface area contributed by atoms with Gasteiger partial charge in [-0.25, -0.2) is 14.8 Å². The van der Waals surface area contributed by atoms with Crippen molar-refractivity contribution in [3.8, 4) is 12.3 Å². The van der Waals surface area contributed by atoms with Gasteiger partial charge in [-0.1, -0.05) is 24.3 Å². The molecule has 2 aliphatic rings. The van der Waals surface area contributed by atoms with Crippen LogP contribution in [0.5, 0.6) is 0 Å². The molecule has 0 atom stereocenters. The first kappa shape index (κ1) is 17.3. The fourth-order valence-corrected chi connectivity index (χ4v) is 3.71. The van der Waals surface area contributed by atoms with E-state index in [0.717, 1.165) is 30.5 Å². The minimum Gasteiger partial charge on any atom is -0.351 e. The Morgan fingerprint density at radius 2 is 2.00 bits per heavy atom. The van der Waals surface area contributed by atoms with Gasteiger partial charge >= 0.3 is 6.03 Å². The summed E-state index contributed by atoms with van der Waals surface area (Å²) in [6.07, 6.45) is 10.5. The summed E-state index contributed by atoms with van der Waals surface area (Å²) in [4.78, 5) is 23.1. The Kier molecular flexibility index (Phi) is 4.93. The Hall–Kier alpha value is -3.07. The van der Waals surface area contributed by atoms with Gasteiger partial charge < -0.3 is 15.5 Å². The van der Waals surface area contributed by atoms with Gasteiger partial charge in [0.05, 0.1) is 18.8 Å². The second-order valence-electron chi connectivity index (χ2n) is 7.08. The molecule has 0 spiro atoms. The van der Waals surface area contributed by atoms with Crippen molar-refractivity contribution in [3.63, 3.8) is 0 Å². The number of benzene rings is 1. The number of nitrogens with zero attached hydrogens (tertiary/aromatic N) is 3. The van der Waals surface area contributed by atoms with Gasteiger partial charge in [0.25, 0.3) is 0 Å². The summed E-state index contributed by atoms with van der Waals surface area (Å²) in [5.41, 5.74) is 4.71.